The minimum absolute atomic E-state index is 0.0111. The van der Waals surface area contributed by atoms with Crippen molar-refractivity contribution in [1.82, 2.24) is 5.01 Å². The molecule has 1 saturated heterocycles. The van der Waals surface area contributed by atoms with Gasteiger partial charge in [-0.1, -0.05) is 24.3 Å². The highest BCUT2D eigenvalue weighted by atomic mass is 32.1. The Hall–Kier alpha value is -3.30. The van der Waals surface area contributed by atoms with Crippen LogP contribution in [0.4, 0.5) is 5.69 Å². The van der Waals surface area contributed by atoms with Crippen molar-refractivity contribution in [3.05, 3.63) is 65.2 Å². The number of nitrogens with two attached hydrogens (primary N) is 1. The molecule has 0 unspecified atom stereocenters. The first-order valence-electron chi connectivity index (χ1n) is 7.73. The highest BCUT2D eigenvalue weighted by Crippen LogP contribution is 2.19. The predicted molar refractivity (Wildman–Crippen MR) is 103 cm³/mol. The number of thiocarbonyl (C=S) groups is 1. The molecule has 0 radical (unpaired) electrons. The molecule has 0 atom stereocenters. The Morgan fingerprint density at radius 1 is 1.07 bits per heavy atom. The molecule has 0 saturated carbocycles. The van der Waals surface area contributed by atoms with Crippen LogP contribution in [0.15, 0.2) is 48.5 Å². The fraction of sp³-hybridized carbons (Fsp3) is 0.111. The first-order chi connectivity index (χ1) is 12.7. The normalized spacial score (nSPS) is 13.3. The van der Waals surface area contributed by atoms with Gasteiger partial charge in [-0.2, -0.15) is 0 Å². The molecular weight excluding hydrogens is 370 g/mol. The van der Waals surface area contributed by atoms with Crippen molar-refractivity contribution in [1.29, 1.82) is 0 Å². The molecule has 1 aliphatic heterocycles. The number of hydrogen-bond acceptors (Lipinski definition) is 5. The van der Waals surface area contributed by atoms with Crippen molar-refractivity contribution in [2.75, 3.05) is 11.4 Å². The lowest BCUT2D eigenvalue weighted by Gasteiger charge is -2.16. The summed E-state index contributed by atoms with van der Waals surface area (Å²) in [6.45, 7) is 1.77. The standard InChI is InChI=1S/C9H9N3OS.C9H8O4/c10-11-6-8(13)12(9(11)14)7-4-2-1-3-5-7;1-5-2-3-6(8(10)11)4-7(5)9(12)13/h1-5H,6,10H2;2-4H,1H3,(H,10,11)(H,12,13). The highest BCUT2D eigenvalue weighted by molar-refractivity contribution is 7.80. The number of aromatic carboxylic acids is 2. The van der Waals surface area contributed by atoms with Crippen LogP contribution in [0, 0.1) is 6.92 Å². The van der Waals surface area contributed by atoms with E-state index in [0.29, 0.717) is 10.7 Å². The van der Waals surface area contributed by atoms with Crippen molar-refractivity contribution in [2.24, 2.45) is 5.84 Å². The predicted octanol–water partition coefficient (Wildman–Crippen LogP) is 1.89. The molecule has 1 fully saturated rings. The molecule has 8 nitrogen and oxygen atoms in total. The Balaban J connectivity index is 0.000000194. The zero-order valence-electron chi connectivity index (χ0n) is 14.3. The number of amides is 1. The average molecular weight is 387 g/mol. The third kappa shape index (κ3) is 4.66. The Morgan fingerprint density at radius 2 is 1.70 bits per heavy atom. The molecule has 4 N–H and O–H groups in total. The van der Waals surface area contributed by atoms with Gasteiger partial charge in [-0.3, -0.25) is 14.7 Å². The van der Waals surface area contributed by atoms with E-state index in [4.69, 9.17) is 28.3 Å². The molecule has 0 aromatic heterocycles. The first kappa shape index (κ1) is 20.0. The van der Waals surface area contributed by atoms with Gasteiger partial charge in [0.15, 0.2) is 5.11 Å². The lowest BCUT2D eigenvalue weighted by Crippen LogP contribution is -2.36. The number of benzene rings is 2. The number of aryl methyl sites for hydroxylation is 1. The third-order valence-electron chi connectivity index (χ3n) is 3.72. The number of rotatable bonds is 3. The molecule has 3 rings (SSSR count). The number of hydrazine groups is 1. The number of carboxylic acid groups (broad SMARTS) is 2. The van der Waals surface area contributed by atoms with Crippen molar-refractivity contribution in [3.8, 4) is 0 Å². The molecule has 1 heterocycles. The molecule has 2 aromatic carbocycles. The van der Waals surface area contributed by atoms with Gasteiger partial charge in [0.25, 0.3) is 5.91 Å². The lowest BCUT2D eigenvalue weighted by molar-refractivity contribution is -0.116. The largest absolute Gasteiger partial charge is 0.478 e. The van der Waals surface area contributed by atoms with Gasteiger partial charge < -0.3 is 10.2 Å². The molecule has 27 heavy (non-hydrogen) atoms. The molecule has 0 spiro atoms. The van der Waals surface area contributed by atoms with Crippen LogP contribution in [-0.2, 0) is 4.79 Å². The molecular formula is C18H17N3O5S. The maximum atomic E-state index is 11.5. The van der Waals surface area contributed by atoms with Crippen LogP contribution < -0.4 is 10.7 Å². The number of carbonyl (C=O) groups is 3. The third-order valence-corrected chi connectivity index (χ3v) is 4.14. The van der Waals surface area contributed by atoms with E-state index in [1.807, 2.05) is 30.3 Å². The molecule has 1 amide bonds. The van der Waals surface area contributed by atoms with Gasteiger partial charge in [0.05, 0.1) is 16.8 Å². The van der Waals surface area contributed by atoms with E-state index in [1.165, 1.54) is 22.0 Å². The van der Waals surface area contributed by atoms with Crippen molar-refractivity contribution in [3.63, 3.8) is 0 Å². The molecule has 2 aromatic rings. The van der Waals surface area contributed by atoms with Crippen LogP contribution in [0.3, 0.4) is 0 Å². The lowest BCUT2D eigenvalue weighted by atomic mass is 10.1. The molecule has 1 aliphatic rings. The summed E-state index contributed by atoms with van der Waals surface area (Å²) in [7, 11) is 0. The summed E-state index contributed by atoms with van der Waals surface area (Å²) in [5.41, 5.74) is 1.33. The van der Waals surface area contributed by atoms with Gasteiger partial charge >= 0.3 is 11.9 Å². The number of para-hydroxylation sites is 1. The van der Waals surface area contributed by atoms with Crippen LogP contribution in [0.5, 0.6) is 0 Å². The fourth-order valence-electron chi connectivity index (χ4n) is 2.34. The number of carboxylic acids is 2. The fourth-order valence-corrected chi connectivity index (χ4v) is 2.61. The number of anilines is 1. The maximum absolute atomic E-state index is 11.5. The van der Waals surface area contributed by atoms with E-state index in [2.05, 4.69) is 0 Å². The van der Waals surface area contributed by atoms with Gasteiger partial charge in [-0.25, -0.2) is 15.4 Å². The van der Waals surface area contributed by atoms with E-state index in [1.54, 1.807) is 6.92 Å². The second-order valence-electron chi connectivity index (χ2n) is 5.62. The van der Waals surface area contributed by atoms with Gasteiger partial charge in [0, 0.05) is 0 Å². The summed E-state index contributed by atoms with van der Waals surface area (Å²) in [6.07, 6.45) is 0. The SMILES string of the molecule is Cc1ccc(C(=O)O)cc1C(=O)O.NN1CC(=O)N(c2ccccc2)C1=S. The minimum atomic E-state index is -1.12. The van der Waals surface area contributed by atoms with E-state index in [-0.39, 0.29) is 23.6 Å². The molecule has 0 bridgehead atoms. The van der Waals surface area contributed by atoms with E-state index < -0.39 is 11.9 Å². The van der Waals surface area contributed by atoms with Gasteiger partial charge in [0.1, 0.15) is 6.54 Å². The summed E-state index contributed by atoms with van der Waals surface area (Å²) >= 11 is 5.03. The molecule has 140 valence electrons. The summed E-state index contributed by atoms with van der Waals surface area (Å²) < 4.78 is 0. The van der Waals surface area contributed by atoms with Gasteiger partial charge in [-0.15, -0.1) is 0 Å². The molecule has 9 heteroatoms. The zero-order valence-corrected chi connectivity index (χ0v) is 15.1. The number of hydrogen-bond donors (Lipinski definition) is 3. The van der Waals surface area contributed by atoms with Crippen LogP contribution >= 0.6 is 12.2 Å². The molecule has 0 aliphatic carbocycles. The monoisotopic (exact) mass is 387 g/mol. The van der Waals surface area contributed by atoms with Crippen molar-refractivity contribution in [2.45, 2.75) is 6.92 Å². The first-order valence-corrected chi connectivity index (χ1v) is 8.14. The summed E-state index contributed by atoms with van der Waals surface area (Å²) in [6, 6.07) is 13.2. The second-order valence-corrected chi connectivity index (χ2v) is 5.98. The van der Waals surface area contributed by atoms with Gasteiger partial charge in [-0.05, 0) is 49.0 Å². The Bertz CT molecular complexity index is 901. The summed E-state index contributed by atoms with van der Waals surface area (Å²) in [5, 5.41) is 18.9. The quantitative estimate of drug-likeness (QED) is 0.539. The average Bonchev–Trinajstić information content (AvgIpc) is 2.88. The van der Waals surface area contributed by atoms with Crippen LogP contribution in [0.1, 0.15) is 26.3 Å². The number of nitrogens with zero attached hydrogens (tertiary/aromatic N) is 2. The maximum Gasteiger partial charge on any atom is 0.335 e. The Labute approximate surface area is 160 Å². The van der Waals surface area contributed by atoms with E-state index in [0.717, 1.165) is 11.8 Å². The topological polar surface area (TPSA) is 124 Å². The van der Waals surface area contributed by atoms with E-state index in [9.17, 15) is 14.4 Å². The van der Waals surface area contributed by atoms with Crippen molar-refractivity contribution < 1.29 is 24.6 Å². The van der Waals surface area contributed by atoms with Crippen LogP contribution in [0.2, 0.25) is 0 Å². The summed E-state index contributed by atoms with van der Waals surface area (Å²) in [4.78, 5) is 34.0. The smallest absolute Gasteiger partial charge is 0.335 e. The number of carbonyl (C=O) groups excluding carboxylic acids is 1. The Morgan fingerprint density at radius 3 is 2.19 bits per heavy atom. The highest BCUT2D eigenvalue weighted by Gasteiger charge is 2.31. The summed E-state index contributed by atoms with van der Waals surface area (Å²) in [5.74, 6) is 3.20. The van der Waals surface area contributed by atoms with E-state index >= 15 is 0 Å². The zero-order chi connectivity index (χ0) is 20.1. The minimum Gasteiger partial charge on any atom is -0.478 e. The van der Waals surface area contributed by atoms with Crippen LogP contribution in [-0.4, -0.2) is 44.7 Å². The van der Waals surface area contributed by atoms with Crippen LogP contribution in [0.25, 0.3) is 0 Å². The van der Waals surface area contributed by atoms with Crippen molar-refractivity contribution >= 4 is 40.9 Å². The van der Waals surface area contributed by atoms with Gasteiger partial charge in [0.2, 0.25) is 0 Å². The second kappa shape index (κ2) is 8.39. The Kier molecular flexibility index (Phi) is 6.22.